The summed E-state index contributed by atoms with van der Waals surface area (Å²) in [6, 6.07) is 2.23. The molecule has 1 amide bonds. The molecular weight excluding hydrogens is 523 g/mol. The first-order valence-corrected chi connectivity index (χ1v) is 8.63. The second-order valence-electron chi connectivity index (χ2n) is 5.28. The zero-order chi connectivity index (χ0) is 21.4. The highest BCUT2D eigenvalue weighted by Crippen LogP contribution is 2.37. The van der Waals surface area contributed by atoms with Crippen LogP contribution in [0.1, 0.15) is 11.4 Å². The van der Waals surface area contributed by atoms with Crippen molar-refractivity contribution in [2.75, 3.05) is 5.32 Å². The number of rotatable bonds is 5. The molecule has 10 nitrogen and oxygen atoms in total. The van der Waals surface area contributed by atoms with E-state index < -0.39 is 45.6 Å². The molecule has 1 aromatic carbocycles. The average molecular weight is 531 g/mol. The van der Waals surface area contributed by atoms with Crippen LogP contribution in [0.25, 0.3) is 0 Å². The molecule has 150 valence electrons. The van der Waals surface area contributed by atoms with Gasteiger partial charge in [0, 0.05) is 21.1 Å². The standard InChI is InChI=1S/C13H8Br2F3N5O5/c1-5-11(23(27)28)12(13(16,17)18)20-21(5)4-9(24)19-10-7(14)2-6(22(25)26)3-8(10)15/h2-3H,4H2,1H3,(H,19,24). The van der Waals surface area contributed by atoms with Crippen LogP contribution < -0.4 is 5.32 Å². The number of non-ortho nitro benzene ring substituents is 1. The molecule has 1 N–H and O–H groups in total. The summed E-state index contributed by atoms with van der Waals surface area (Å²) < 4.78 is 39.7. The molecule has 1 aromatic heterocycles. The lowest BCUT2D eigenvalue weighted by Crippen LogP contribution is -2.21. The van der Waals surface area contributed by atoms with Gasteiger partial charge in [-0.15, -0.1) is 0 Å². The van der Waals surface area contributed by atoms with Crippen molar-refractivity contribution in [3.8, 4) is 0 Å². The molecular formula is C13H8Br2F3N5O5. The summed E-state index contributed by atoms with van der Waals surface area (Å²) in [6.45, 7) is 0.282. The van der Waals surface area contributed by atoms with E-state index in [-0.39, 0.29) is 20.3 Å². The molecule has 0 aliphatic heterocycles. The van der Waals surface area contributed by atoms with Crippen LogP contribution in [0.4, 0.5) is 30.2 Å². The molecule has 2 aromatic rings. The number of aromatic nitrogens is 2. The van der Waals surface area contributed by atoms with E-state index in [1.54, 1.807) is 0 Å². The molecule has 15 heteroatoms. The molecule has 2 rings (SSSR count). The van der Waals surface area contributed by atoms with Crippen LogP contribution >= 0.6 is 31.9 Å². The highest BCUT2D eigenvalue weighted by Gasteiger charge is 2.44. The van der Waals surface area contributed by atoms with Gasteiger partial charge in [-0.1, -0.05) is 0 Å². The summed E-state index contributed by atoms with van der Waals surface area (Å²) in [4.78, 5) is 32.1. The maximum absolute atomic E-state index is 12.9. The summed E-state index contributed by atoms with van der Waals surface area (Å²) in [5.41, 5.74) is -3.58. The Morgan fingerprint density at radius 2 is 1.75 bits per heavy atom. The van der Waals surface area contributed by atoms with Crippen molar-refractivity contribution in [3.63, 3.8) is 0 Å². The molecule has 0 unspecified atom stereocenters. The quantitative estimate of drug-likeness (QED) is 0.455. The van der Waals surface area contributed by atoms with Gasteiger partial charge in [0.05, 0.1) is 15.5 Å². The first kappa shape index (κ1) is 21.7. The molecule has 0 radical (unpaired) electrons. The molecule has 0 fully saturated rings. The zero-order valence-corrected chi connectivity index (χ0v) is 16.8. The number of nitrogens with one attached hydrogen (secondary N) is 1. The fourth-order valence-electron chi connectivity index (χ4n) is 2.20. The van der Waals surface area contributed by atoms with Crippen LogP contribution in [-0.4, -0.2) is 25.5 Å². The lowest BCUT2D eigenvalue weighted by molar-refractivity contribution is -0.388. The van der Waals surface area contributed by atoms with Gasteiger partial charge in [0.15, 0.2) is 0 Å². The summed E-state index contributed by atoms with van der Waals surface area (Å²) >= 11 is 6.09. The number of hydrogen-bond acceptors (Lipinski definition) is 6. The molecule has 0 spiro atoms. The van der Waals surface area contributed by atoms with E-state index in [1.807, 2.05) is 0 Å². The molecule has 0 atom stereocenters. The van der Waals surface area contributed by atoms with Gasteiger partial charge in [-0.2, -0.15) is 18.3 Å². The van der Waals surface area contributed by atoms with Crippen LogP contribution in [0.5, 0.6) is 0 Å². The number of carbonyl (C=O) groups excluding carboxylic acids is 1. The minimum atomic E-state index is -5.07. The van der Waals surface area contributed by atoms with E-state index in [0.717, 1.165) is 19.1 Å². The van der Waals surface area contributed by atoms with Crippen molar-refractivity contribution in [1.82, 2.24) is 9.78 Å². The Morgan fingerprint density at radius 3 is 2.14 bits per heavy atom. The Morgan fingerprint density at radius 1 is 1.21 bits per heavy atom. The van der Waals surface area contributed by atoms with E-state index in [4.69, 9.17) is 0 Å². The van der Waals surface area contributed by atoms with E-state index in [1.165, 1.54) is 0 Å². The van der Waals surface area contributed by atoms with Crippen LogP contribution in [-0.2, 0) is 17.5 Å². The SMILES string of the molecule is Cc1c([N+](=O)[O-])c(C(F)(F)F)nn1CC(=O)Nc1c(Br)cc([N+](=O)[O-])cc1Br. The summed E-state index contributed by atoms with van der Waals surface area (Å²) in [5, 5.41) is 27.2. The van der Waals surface area contributed by atoms with Crippen LogP contribution in [0.15, 0.2) is 21.1 Å². The van der Waals surface area contributed by atoms with Crippen LogP contribution in [0.3, 0.4) is 0 Å². The smallest absolute Gasteiger partial charge is 0.323 e. The molecule has 28 heavy (non-hydrogen) atoms. The predicted octanol–water partition coefficient (Wildman–Crippen LogP) is 4.19. The minimum Gasteiger partial charge on any atom is -0.323 e. The van der Waals surface area contributed by atoms with Gasteiger partial charge in [0.25, 0.3) is 5.69 Å². The molecule has 0 saturated heterocycles. The number of benzene rings is 1. The van der Waals surface area contributed by atoms with E-state index in [2.05, 4.69) is 42.3 Å². The summed E-state index contributed by atoms with van der Waals surface area (Å²) in [7, 11) is 0. The highest BCUT2D eigenvalue weighted by molar-refractivity contribution is 9.11. The van der Waals surface area contributed by atoms with Crippen molar-refractivity contribution in [2.24, 2.45) is 0 Å². The minimum absolute atomic E-state index is 0.0888. The number of nitro groups is 2. The van der Waals surface area contributed by atoms with Gasteiger partial charge in [-0.05, 0) is 38.8 Å². The normalized spacial score (nSPS) is 11.4. The maximum atomic E-state index is 12.9. The van der Waals surface area contributed by atoms with E-state index in [9.17, 15) is 38.2 Å². The Kier molecular flexibility index (Phi) is 6.08. The van der Waals surface area contributed by atoms with E-state index >= 15 is 0 Å². The number of hydrogen-bond donors (Lipinski definition) is 1. The Balaban J connectivity index is 2.32. The summed E-state index contributed by atoms with van der Waals surface area (Å²) in [6.07, 6.45) is -5.07. The third-order valence-electron chi connectivity index (χ3n) is 3.42. The van der Waals surface area contributed by atoms with Gasteiger partial charge in [-0.25, -0.2) is 0 Å². The number of halogens is 5. The third kappa shape index (κ3) is 4.46. The second kappa shape index (κ2) is 7.83. The Bertz CT molecular complexity index is 969. The maximum Gasteiger partial charge on any atom is 0.442 e. The lowest BCUT2D eigenvalue weighted by atomic mass is 10.3. The topological polar surface area (TPSA) is 133 Å². The van der Waals surface area contributed by atoms with Gasteiger partial charge in [-0.3, -0.25) is 29.7 Å². The number of alkyl halides is 3. The van der Waals surface area contributed by atoms with Gasteiger partial charge < -0.3 is 5.32 Å². The number of carbonyl (C=O) groups is 1. The highest BCUT2D eigenvalue weighted by atomic mass is 79.9. The Hall–Kier alpha value is -2.55. The monoisotopic (exact) mass is 529 g/mol. The number of amides is 1. The number of nitro benzene ring substituents is 1. The lowest BCUT2D eigenvalue weighted by Gasteiger charge is -2.10. The van der Waals surface area contributed by atoms with Gasteiger partial charge >= 0.3 is 11.9 Å². The molecule has 0 aliphatic carbocycles. The predicted molar refractivity (Wildman–Crippen MR) is 95.7 cm³/mol. The molecule has 0 bridgehead atoms. The van der Waals surface area contributed by atoms with Crippen LogP contribution in [0.2, 0.25) is 0 Å². The van der Waals surface area contributed by atoms with Crippen LogP contribution in [0, 0.1) is 27.2 Å². The summed E-state index contributed by atoms with van der Waals surface area (Å²) in [5.74, 6) is -0.857. The van der Waals surface area contributed by atoms with Crippen molar-refractivity contribution < 1.29 is 27.8 Å². The first-order chi connectivity index (χ1) is 12.8. The third-order valence-corrected chi connectivity index (χ3v) is 4.67. The largest absolute Gasteiger partial charge is 0.442 e. The first-order valence-electron chi connectivity index (χ1n) is 7.05. The molecule has 1 heterocycles. The van der Waals surface area contributed by atoms with Crippen molar-refractivity contribution in [3.05, 3.63) is 52.7 Å². The van der Waals surface area contributed by atoms with Crippen molar-refractivity contribution >= 4 is 54.8 Å². The average Bonchev–Trinajstić information content (AvgIpc) is 2.87. The molecule has 0 aliphatic rings. The fraction of sp³-hybridized carbons (Fsp3) is 0.231. The number of nitrogens with zero attached hydrogens (tertiary/aromatic N) is 4. The van der Waals surface area contributed by atoms with Crippen molar-refractivity contribution in [2.45, 2.75) is 19.6 Å². The Labute approximate surface area is 170 Å². The van der Waals surface area contributed by atoms with E-state index in [0.29, 0.717) is 4.68 Å². The molecule has 0 saturated carbocycles. The zero-order valence-electron chi connectivity index (χ0n) is 13.6. The second-order valence-corrected chi connectivity index (χ2v) is 6.99. The number of anilines is 1. The van der Waals surface area contributed by atoms with Gasteiger partial charge in [0.2, 0.25) is 11.6 Å². The fourth-order valence-corrected chi connectivity index (χ4v) is 3.56. The van der Waals surface area contributed by atoms with Crippen molar-refractivity contribution in [1.29, 1.82) is 0 Å². The van der Waals surface area contributed by atoms with Gasteiger partial charge in [0.1, 0.15) is 12.2 Å².